The van der Waals surface area contributed by atoms with Gasteiger partial charge in [-0.1, -0.05) is 11.6 Å². The molecule has 1 rings (SSSR count). The van der Waals surface area contributed by atoms with Gasteiger partial charge in [0.25, 0.3) is 0 Å². The van der Waals surface area contributed by atoms with Crippen molar-refractivity contribution >= 4 is 34.9 Å². The Balaban J connectivity index is 2.56. The van der Waals surface area contributed by atoms with E-state index in [1.807, 2.05) is 20.8 Å². The van der Waals surface area contributed by atoms with Crippen molar-refractivity contribution in [2.45, 2.75) is 26.3 Å². The summed E-state index contributed by atoms with van der Waals surface area (Å²) in [4.78, 5) is 19.1. The summed E-state index contributed by atoms with van der Waals surface area (Å²) in [5.74, 6) is 0.194. The van der Waals surface area contributed by atoms with E-state index in [1.165, 1.54) is 6.20 Å². The number of rotatable bonds is 3. The zero-order valence-corrected chi connectivity index (χ0v) is 11.4. The smallest absolute Gasteiger partial charge is 0.239 e. The number of nitrogens with zero attached hydrogens (tertiary/aromatic N) is 2. The highest BCUT2D eigenvalue weighted by molar-refractivity contribution is 6.33. The summed E-state index contributed by atoms with van der Waals surface area (Å²) < 4.78 is 0. The van der Waals surface area contributed by atoms with Crippen LogP contribution in [0, 0.1) is 0 Å². The summed E-state index contributed by atoms with van der Waals surface area (Å²) in [6.45, 7) is 5.78. The summed E-state index contributed by atoms with van der Waals surface area (Å²) in [6, 6.07) is 0. The van der Waals surface area contributed by atoms with E-state index in [2.05, 4.69) is 20.6 Å². The van der Waals surface area contributed by atoms with Crippen LogP contribution in [0.15, 0.2) is 6.20 Å². The molecule has 5 nitrogen and oxygen atoms in total. The Bertz CT molecular complexity index is 417. The molecule has 94 valence electrons. The molecule has 17 heavy (non-hydrogen) atoms. The third-order valence-electron chi connectivity index (χ3n) is 1.65. The van der Waals surface area contributed by atoms with Crippen molar-refractivity contribution in [1.82, 2.24) is 15.3 Å². The molecule has 0 atom stereocenters. The minimum atomic E-state index is -0.272. The average molecular weight is 277 g/mol. The van der Waals surface area contributed by atoms with Crippen molar-refractivity contribution in [2.75, 3.05) is 11.9 Å². The average Bonchev–Trinajstić information content (AvgIpc) is 2.17. The van der Waals surface area contributed by atoms with Gasteiger partial charge >= 0.3 is 0 Å². The van der Waals surface area contributed by atoms with Gasteiger partial charge in [-0.25, -0.2) is 4.98 Å². The van der Waals surface area contributed by atoms with Crippen LogP contribution in [0.2, 0.25) is 10.3 Å². The second kappa shape index (κ2) is 5.51. The molecular formula is C10H14Cl2N4O. The van der Waals surface area contributed by atoms with Gasteiger partial charge < -0.3 is 10.6 Å². The van der Waals surface area contributed by atoms with E-state index in [0.717, 1.165) is 0 Å². The maximum Gasteiger partial charge on any atom is 0.239 e. The molecule has 0 aromatic carbocycles. The summed E-state index contributed by atoms with van der Waals surface area (Å²) in [5, 5.41) is 5.99. The van der Waals surface area contributed by atoms with Crippen molar-refractivity contribution in [2.24, 2.45) is 0 Å². The van der Waals surface area contributed by atoms with Crippen molar-refractivity contribution < 1.29 is 4.79 Å². The molecule has 0 saturated carbocycles. The molecule has 1 heterocycles. The van der Waals surface area contributed by atoms with Gasteiger partial charge in [0.15, 0.2) is 0 Å². The predicted molar refractivity (Wildman–Crippen MR) is 68.4 cm³/mol. The van der Waals surface area contributed by atoms with Gasteiger partial charge in [-0.05, 0) is 32.4 Å². The molecule has 0 aliphatic heterocycles. The van der Waals surface area contributed by atoms with Gasteiger partial charge in [-0.2, -0.15) is 4.98 Å². The number of nitrogens with one attached hydrogen (secondary N) is 2. The predicted octanol–water partition coefficient (Wildman–Crippen LogP) is 2.11. The van der Waals surface area contributed by atoms with Crippen molar-refractivity contribution in [3.05, 3.63) is 16.5 Å². The molecule has 7 heteroatoms. The molecule has 0 unspecified atom stereocenters. The molecular weight excluding hydrogens is 263 g/mol. The largest absolute Gasteiger partial charge is 0.360 e. The number of hydrogen-bond acceptors (Lipinski definition) is 4. The number of carbonyl (C=O) groups excluding carboxylic acids is 1. The summed E-state index contributed by atoms with van der Waals surface area (Å²) in [5.41, 5.74) is -0.272. The van der Waals surface area contributed by atoms with Crippen LogP contribution in [0.4, 0.5) is 5.82 Å². The minimum Gasteiger partial charge on any atom is -0.360 e. The molecule has 2 N–H and O–H groups in total. The first kappa shape index (κ1) is 14.0. The first-order chi connectivity index (χ1) is 7.78. The lowest BCUT2D eigenvalue weighted by Gasteiger charge is -2.20. The van der Waals surface area contributed by atoms with E-state index >= 15 is 0 Å². The lowest BCUT2D eigenvalue weighted by molar-refractivity contribution is -0.120. The van der Waals surface area contributed by atoms with E-state index in [4.69, 9.17) is 23.2 Å². The van der Waals surface area contributed by atoms with E-state index in [1.54, 1.807) is 0 Å². The minimum absolute atomic E-state index is 0.0737. The Morgan fingerprint density at radius 1 is 1.41 bits per heavy atom. The highest BCUT2D eigenvalue weighted by Crippen LogP contribution is 2.18. The third-order valence-corrected chi connectivity index (χ3v) is 2.10. The number of halogens is 2. The monoisotopic (exact) mass is 276 g/mol. The molecule has 1 amide bonds. The standard InChI is InChI=1S/C10H14Cl2N4O/c1-10(2,3)16-7(17)5-13-8-6(11)4-14-9(12)15-8/h4H,5H2,1-3H3,(H,16,17)(H,13,14,15). The number of carbonyl (C=O) groups is 1. The van der Waals surface area contributed by atoms with Crippen LogP contribution >= 0.6 is 23.2 Å². The zero-order valence-electron chi connectivity index (χ0n) is 9.84. The fourth-order valence-electron chi connectivity index (χ4n) is 1.10. The van der Waals surface area contributed by atoms with E-state index in [0.29, 0.717) is 10.8 Å². The van der Waals surface area contributed by atoms with Crippen LogP contribution in [-0.4, -0.2) is 28.0 Å². The number of anilines is 1. The van der Waals surface area contributed by atoms with Gasteiger partial charge in [-0.3, -0.25) is 4.79 Å². The van der Waals surface area contributed by atoms with E-state index in [-0.39, 0.29) is 23.3 Å². The Morgan fingerprint density at radius 3 is 2.65 bits per heavy atom. The van der Waals surface area contributed by atoms with Crippen LogP contribution in [-0.2, 0) is 4.79 Å². The molecule has 1 aromatic rings. The first-order valence-electron chi connectivity index (χ1n) is 5.01. The van der Waals surface area contributed by atoms with E-state index < -0.39 is 0 Å². The maximum absolute atomic E-state index is 11.5. The van der Waals surface area contributed by atoms with Crippen molar-refractivity contribution in [3.63, 3.8) is 0 Å². The Morgan fingerprint density at radius 2 is 2.06 bits per heavy atom. The van der Waals surface area contributed by atoms with Crippen molar-refractivity contribution in [3.8, 4) is 0 Å². The van der Waals surface area contributed by atoms with Crippen LogP contribution in [0.5, 0.6) is 0 Å². The molecule has 0 spiro atoms. The third kappa shape index (κ3) is 5.19. The zero-order chi connectivity index (χ0) is 13.1. The maximum atomic E-state index is 11.5. The van der Waals surface area contributed by atoms with Gasteiger partial charge in [-0.15, -0.1) is 0 Å². The molecule has 0 bridgehead atoms. The second-order valence-electron chi connectivity index (χ2n) is 4.49. The molecule has 0 aliphatic carbocycles. The molecule has 1 aromatic heterocycles. The fraction of sp³-hybridized carbons (Fsp3) is 0.500. The molecule has 0 saturated heterocycles. The fourth-order valence-corrected chi connectivity index (χ4v) is 1.39. The summed E-state index contributed by atoms with van der Waals surface area (Å²) in [6.07, 6.45) is 1.38. The molecule has 0 radical (unpaired) electrons. The van der Waals surface area contributed by atoms with E-state index in [9.17, 15) is 4.79 Å². The Labute approximate surface area is 110 Å². The SMILES string of the molecule is CC(C)(C)NC(=O)CNc1nc(Cl)ncc1Cl. The topological polar surface area (TPSA) is 66.9 Å². The highest BCUT2D eigenvalue weighted by Gasteiger charge is 2.14. The summed E-state index contributed by atoms with van der Waals surface area (Å²) in [7, 11) is 0. The van der Waals surface area contributed by atoms with Crippen LogP contribution in [0.25, 0.3) is 0 Å². The van der Waals surface area contributed by atoms with Crippen LogP contribution in [0.1, 0.15) is 20.8 Å². The van der Waals surface area contributed by atoms with Gasteiger partial charge in [0.05, 0.1) is 12.7 Å². The van der Waals surface area contributed by atoms with Gasteiger partial charge in [0.1, 0.15) is 10.8 Å². The normalized spacial score (nSPS) is 11.1. The lowest BCUT2D eigenvalue weighted by atomic mass is 10.1. The van der Waals surface area contributed by atoms with Crippen LogP contribution in [0.3, 0.4) is 0 Å². The number of aromatic nitrogens is 2. The Kier molecular flexibility index (Phi) is 4.54. The number of hydrogen-bond donors (Lipinski definition) is 2. The number of amides is 1. The molecule has 0 aliphatic rings. The Hall–Kier alpha value is -1.07. The van der Waals surface area contributed by atoms with Crippen LogP contribution < -0.4 is 10.6 Å². The lowest BCUT2D eigenvalue weighted by Crippen LogP contribution is -2.43. The summed E-state index contributed by atoms with van der Waals surface area (Å²) >= 11 is 11.5. The van der Waals surface area contributed by atoms with Gasteiger partial charge in [0.2, 0.25) is 11.2 Å². The first-order valence-corrected chi connectivity index (χ1v) is 5.76. The van der Waals surface area contributed by atoms with Gasteiger partial charge in [0, 0.05) is 5.54 Å². The molecule has 0 fully saturated rings. The highest BCUT2D eigenvalue weighted by atomic mass is 35.5. The quantitative estimate of drug-likeness (QED) is 0.830. The second-order valence-corrected chi connectivity index (χ2v) is 5.23. The van der Waals surface area contributed by atoms with Crippen molar-refractivity contribution in [1.29, 1.82) is 0 Å².